The Morgan fingerprint density at radius 3 is 2.34 bits per heavy atom. The Morgan fingerprint density at radius 1 is 0.895 bits per heavy atom. The van der Waals surface area contributed by atoms with Crippen molar-refractivity contribution in [2.45, 2.75) is 6.92 Å². The summed E-state index contributed by atoms with van der Waals surface area (Å²) in [6.45, 7) is 1.83. The van der Waals surface area contributed by atoms with Crippen molar-refractivity contribution in [1.29, 1.82) is 0 Å². The van der Waals surface area contributed by atoms with Gasteiger partial charge in [0, 0.05) is 18.0 Å². The maximum absolute atomic E-state index is 13.3. The van der Waals surface area contributed by atoms with Gasteiger partial charge in [0.25, 0.3) is 5.91 Å². The summed E-state index contributed by atoms with van der Waals surface area (Å²) in [5.41, 5.74) is 1.60. The second-order valence-corrected chi connectivity index (χ2v) is 8.77. The van der Waals surface area contributed by atoms with Crippen molar-refractivity contribution in [3.8, 4) is 5.75 Å². The molecule has 3 amide bonds. The van der Waals surface area contributed by atoms with E-state index in [0.717, 1.165) is 29.3 Å². The molecule has 0 radical (unpaired) electrons. The number of rotatable bonds is 8. The molecule has 192 valence electrons. The van der Waals surface area contributed by atoms with E-state index in [1.165, 1.54) is 13.3 Å². The molecule has 0 aliphatic carbocycles. The number of nitrogens with zero attached hydrogens (tertiary/aromatic N) is 3. The minimum atomic E-state index is -1.19. The van der Waals surface area contributed by atoms with Gasteiger partial charge in [-0.15, -0.1) is 0 Å². The van der Waals surface area contributed by atoms with E-state index in [2.05, 4.69) is 30.9 Å². The number of aromatic carboxylic acids is 1. The van der Waals surface area contributed by atoms with E-state index in [0.29, 0.717) is 11.3 Å². The lowest BCUT2D eigenvalue weighted by molar-refractivity contribution is 0.0695. The Bertz CT molecular complexity index is 1540. The molecule has 0 fully saturated rings. The van der Waals surface area contributed by atoms with Crippen LogP contribution in [0, 0.1) is 6.92 Å². The van der Waals surface area contributed by atoms with Crippen LogP contribution in [0.2, 0.25) is 0 Å². The van der Waals surface area contributed by atoms with E-state index in [9.17, 15) is 19.2 Å². The van der Waals surface area contributed by atoms with E-state index in [-0.39, 0.29) is 38.6 Å². The first kappa shape index (κ1) is 25.9. The molecule has 4 aromatic rings. The van der Waals surface area contributed by atoms with Crippen LogP contribution >= 0.6 is 11.3 Å². The first-order chi connectivity index (χ1) is 18.2. The molecule has 0 aliphatic rings. The molecule has 2 heterocycles. The predicted octanol–water partition coefficient (Wildman–Crippen LogP) is 4.08. The molecule has 13 heteroatoms. The zero-order valence-electron chi connectivity index (χ0n) is 20.0. The number of benzene rings is 2. The van der Waals surface area contributed by atoms with Gasteiger partial charge in [0.2, 0.25) is 5.95 Å². The number of para-hydroxylation sites is 1. The van der Waals surface area contributed by atoms with Gasteiger partial charge in [-0.1, -0.05) is 35.1 Å². The van der Waals surface area contributed by atoms with Gasteiger partial charge in [-0.3, -0.25) is 20.2 Å². The number of thiazole rings is 1. The van der Waals surface area contributed by atoms with Crippen molar-refractivity contribution in [3.63, 3.8) is 0 Å². The number of carboxylic acids is 1. The fourth-order valence-corrected chi connectivity index (χ4v) is 3.99. The van der Waals surface area contributed by atoms with E-state index >= 15 is 0 Å². The van der Waals surface area contributed by atoms with Gasteiger partial charge in [-0.25, -0.2) is 24.5 Å². The quantitative estimate of drug-likeness (QED) is 0.244. The van der Waals surface area contributed by atoms with Crippen LogP contribution < -0.4 is 20.7 Å². The van der Waals surface area contributed by atoms with Crippen LogP contribution in [0.1, 0.15) is 41.5 Å². The number of hydrogen-bond acceptors (Lipinski definition) is 9. The lowest BCUT2D eigenvalue weighted by Gasteiger charge is -2.13. The lowest BCUT2D eigenvalue weighted by atomic mass is 9.99. The second kappa shape index (κ2) is 11.3. The zero-order valence-corrected chi connectivity index (χ0v) is 20.8. The average molecular weight is 533 g/mol. The summed E-state index contributed by atoms with van der Waals surface area (Å²) in [6, 6.07) is 11.2. The highest BCUT2D eigenvalue weighted by Crippen LogP contribution is 2.27. The van der Waals surface area contributed by atoms with Crippen LogP contribution in [0.25, 0.3) is 0 Å². The van der Waals surface area contributed by atoms with Gasteiger partial charge in [0.1, 0.15) is 10.6 Å². The molecule has 2 aromatic carbocycles. The first-order valence-corrected chi connectivity index (χ1v) is 11.8. The molecular formula is C25H20N6O6S. The van der Waals surface area contributed by atoms with E-state index in [1.54, 1.807) is 42.5 Å². The van der Waals surface area contributed by atoms with Gasteiger partial charge in [0.15, 0.2) is 10.9 Å². The van der Waals surface area contributed by atoms with Gasteiger partial charge in [-0.2, -0.15) is 0 Å². The highest BCUT2D eigenvalue weighted by molar-refractivity contribution is 7.17. The average Bonchev–Trinajstić information content (AvgIpc) is 3.38. The molecule has 38 heavy (non-hydrogen) atoms. The van der Waals surface area contributed by atoms with Crippen LogP contribution in [0.3, 0.4) is 0 Å². The highest BCUT2D eigenvalue weighted by atomic mass is 32.1. The third kappa shape index (κ3) is 5.96. The van der Waals surface area contributed by atoms with E-state index in [1.807, 2.05) is 6.92 Å². The van der Waals surface area contributed by atoms with Crippen LogP contribution in [-0.2, 0) is 0 Å². The van der Waals surface area contributed by atoms with Crippen molar-refractivity contribution in [2.24, 2.45) is 0 Å². The van der Waals surface area contributed by atoms with Crippen LogP contribution in [0.15, 0.2) is 61.1 Å². The molecule has 0 saturated carbocycles. The molecular weight excluding hydrogens is 512 g/mol. The smallest absolute Gasteiger partial charge is 0.338 e. The number of nitrogens with one attached hydrogen (secondary N) is 3. The van der Waals surface area contributed by atoms with Crippen LogP contribution in [-0.4, -0.2) is 50.9 Å². The number of carboxylic acid groups (broad SMARTS) is 1. The van der Waals surface area contributed by atoms with Crippen molar-refractivity contribution in [2.75, 3.05) is 23.1 Å². The van der Waals surface area contributed by atoms with Crippen molar-refractivity contribution < 1.29 is 29.0 Å². The summed E-state index contributed by atoms with van der Waals surface area (Å²) in [6.07, 6.45) is 3.38. The van der Waals surface area contributed by atoms with Gasteiger partial charge in [0.05, 0.1) is 30.1 Å². The van der Waals surface area contributed by atoms with Crippen molar-refractivity contribution in [1.82, 2.24) is 15.0 Å². The minimum absolute atomic E-state index is 0.0905. The van der Waals surface area contributed by atoms with Gasteiger partial charge in [-0.05, 0) is 31.2 Å². The highest BCUT2D eigenvalue weighted by Gasteiger charge is 2.20. The Balaban J connectivity index is 1.44. The standard InChI is InChI=1S/C25H20N6O6S/c1-13-7-8-17(16(9-13)20(32)15-5-3-4-6-18(15)37-2)29-24(36)31-25-28-12-19(38-25)21(33)30-23-26-10-14(11-27-23)22(34)35/h3-12H,1-2H3,(H,34,35)(H,26,27,30,33)(H2,28,29,31,36). The number of methoxy groups -OCH3 is 1. The molecule has 4 rings (SSSR count). The summed E-state index contributed by atoms with van der Waals surface area (Å²) in [5.74, 6) is -1.80. The van der Waals surface area contributed by atoms with Crippen molar-refractivity contribution >= 4 is 51.8 Å². The van der Waals surface area contributed by atoms with Crippen LogP contribution in [0.5, 0.6) is 5.75 Å². The zero-order chi connectivity index (χ0) is 27.2. The van der Waals surface area contributed by atoms with Gasteiger partial charge >= 0.3 is 12.0 Å². The summed E-state index contributed by atoms with van der Waals surface area (Å²) in [5, 5.41) is 16.6. The fraction of sp³-hybridized carbons (Fsp3) is 0.0800. The Hall–Kier alpha value is -5.17. The normalized spacial score (nSPS) is 10.4. The summed E-state index contributed by atoms with van der Waals surface area (Å²) >= 11 is 0.894. The fourth-order valence-electron chi connectivity index (χ4n) is 3.29. The lowest BCUT2D eigenvalue weighted by Crippen LogP contribution is -2.21. The summed E-state index contributed by atoms with van der Waals surface area (Å²) in [7, 11) is 1.47. The number of ether oxygens (including phenoxy) is 1. The first-order valence-electron chi connectivity index (χ1n) is 10.9. The van der Waals surface area contributed by atoms with Gasteiger partial charge < -0.3 is 15.2 Å². The molecule has 0 atom stereocenters. The topological polar surface area (TPSA) is 172 Å². The molecule has 2 aromatic heterocycles. The van der Waals surface area contributed by atoms with Crippen molar-refractivity contribution in [3.05, 3.63) is 88.2 Å². The largest absolute Gasteiger partial charge is 0.496 e. The number of aromatic nitrogens is 3. The Kier molecular flexibility index (Phi) is 7.68. The Morgan fingerprint density at radius 2 is 1.63 bits per heavy atom. The van der Waals surface area contributed by atoms with E-state index < -0.39 is 17.9 Å². The number of urea groups is 1. The molecule has 0 aliphatic heterocycles. The van der Waals surface area contributed by atoms with E-state index in [4.69, 9.17) is 9.84 Å². The molecule has 0 bridgehead atoms. The molecule has 0 saturated heterocycles. The maximum atomic E-state index is 13.3. The maximum Gasteiger partial charge on any atom is 0.338 e. The summed E-state index contributed by atoms with van der Waals surface area (Å²) in [4.78, 5) is 61.0. The predicted molar refractivity (Wildman–Crippen MR) is 139 cm³/mol. The third-order valence-corrected chi connectivity index (χ3v) is 6.01. The second-order valence-electron chi connectivity index (χ2n) is 7.74. The number of anilines is 3. The molecule has 0 spiro atoms. The molecule has 4 N–H and O–H groups in total. The Labute approximate surface area is 219 Å². The third-order valence-electron chi connectivity index (χ3n) is 5.09. The number of ketones is 1. The molecule has 12 nitrogen and oxygen atoms in total. The molecule has 0 unspecified atom stereocenters. The summed E-state index contributed by atoms with van der Waals surface area (Å²) < 4.78 is 5.30. The monoisotopic (exact) mass is 532 g/mol. The SMILES string of the molecule is COc1ccccc1C(=O)c1cc(C)ccc1NC(=O)Nc1ncc(C(=O)Nc2ncc(C(=O)O)cn2)s1. The number of aryl methyl sites for hydroxylation is 1. The number of amides is 3. The minimum Gasteiger partial charge on any atom is -0.496 e. The number of carbonyl (C=O) groups excluding carboxylic acids is 3. The number of hydrogen-bond donors (Lipinski definition) is 4. The number of carbonyl (C=O) groups is 4. The van der Waals surface area contributed by atoms with Crippen LogP contribution in [0.4, 0.5) is 21.6 Å².